The Morgan fingerprint density at radius 2 is 1.32 bits per heavy atom. The van der Waals surface area contributed by atoms with Gasteiger partial charge >= 0.3 is 11.9 Å². The second-order valence-electron chi connectivity index (χ2n) is 8.92. The van der Waals surface area contributed by atoms with Gasteiger partial charge in [-0.15, -0.1) is 0 Å². The van der Waals surface area contributed by atoms with Gasteiger partial charge in [0.15, 0.2) is 0 Å². The van der Waals surface area contributed by atoms with E-state index in [-0.39, 0.29) is 25.7 Å². The largest absolute Gasteiger partial charge is 0.481 e. The Kier molecular flexibility index (Phi) is 12.7. The smallest absolute Gasteiger partial charge is 0.326 e. The Bertz CT molecular complexity index is 969. The van der Waals surface area contributed by atoms with Gasteiger partial charge in [-0.1, -0.05) is 44.2 Å². The van der Waals surface area contributed by atoms with Crippen molar-refractivity contribution in [2.75, 3.05) is 0 Å². The summed E-state index contributed by atoms with van der Waals surface area (Å²) in [7, 11) is 0. The van der Waals surface area contributed by atoms with Crippen molar-refractivity contribution >= 4 is 35.6 Å². The summed E-state index contributed by atoms with van der Waals surface area (Å²) in [5.41, 5.74) is 11.9. The number of amides is 4. The third-order valence-electron chi connectivity index (χ3n) is 5.46. The van der Waals surface area contributed by atoms with Gasteiger partial charge in [0.2, 0.25) is 23.6 Å². The highest BCUT2D eigenvalue weighted by molar-refractivity contribution is 5.94. The lowest BCUT2D eigenvalue weighted by Gasteiger charge is -2.25. The lowest BCUT2D eigenvalue weighted by Crippen LogP contribution is -2.57. The van der Waals surface area contributed by atoms with Crippen molar-refractivity contribution in [3.8, 4) is 0 Å². The van der Waals surface area contributed by atoms with Crippen LogP contribution in [0.25, 0.3) is 0 Å². The zero-order chi connectivity index (χ0) is 28.1. The molecule has 204 valence electrons. The summed E-state index contributed by atoms with van der Waals surface area (Å²) in [6.45, 7) is 3.13. The number of carbonyl (C=O) groups is 6. The van der Waals surface area contributed by atoms with Crippen LogP contribution in [0.15, 0.2) is 30.3 Å². The van der Waals surface area contributed by atoms with Gasteiger partial charge in [0, 0.05) is 12.8 Å². The molecule has 0 radical (unpaired) electrons. The first-order valence-corrected chi connectivity index (χ1v) is 11.7. The van der Waals surface area contributed by atoms with E-state index in [1.165, 1.54) is 0 Å². The monoisotopic (exact) mass is 521 g/mol. The molecule has 0 aliphatic rings. The number of primary amides is 1. The molecule has 37 heavy (non-hydrogen) atoms. The molecular weight excluding hydrogens is 486 g/mol. The first-order valence-electron chi connectivity index (χ1n) is 11.7. The summed E-state index contributed by atoms with van der Waals surface area (Å²) in [4.78, 5) is 72.3. The van der Waals surface area contributed by atoms with Crippen LogP contribution >= 0.6 is 0 Å². The van der Waals surface area contributed by atoms with Crippen LogP contribution < -0.4 is 27.4 Å². The third-order valence-corrected chi connectivity index (χ3v) is 5.46. The van der Waals surface area contributed by atoms with Crippen LogP contribution in [0, 0.1) is 5.92 Å². The zero-order valence-corrected chi connectivity index (χ0v) is 20.8. The van der Waals surface area contributed by atoms with Crippen LogP contribution in [0.1, 0.15) is 45.1 Å². The number of carboxylic acids is 2. The molecule has 4 unspecified atom stereocenters. The van der Waals surface area contributed by atoms with Gasteiger partial charge in [-0.25, -0.2) is 4.79 Å². The van der Waals surface area contributed by atoms with Crippen LogP contribution in [-0.2, 0) is 35.2 Å². The van der Waals surface area contributed by atoms with E-state index in [1.54, 1.807) is 44.2 Å². The van der Waals surface area contributed by atoms with Gasteiger partial charge in [0.1, 0.15) is 18.1 Å². The minimum atomic E-state index is -1.42. The van der Waals surface area contributed by atoms with Crippen molar-refractivity contribution in [1.29, 1.82) is 0 Å². The van der Waals surface area contributed by atoms with E-state index in [4.69, 9.17) is 16.6 Å². The summed E-state index contributed by atoms with van der Waals surface area (Å²) in [5.74, 6) is -6.25. The Balaban J connectivity index is 3.02. The molecule has 9 N–H and O–H groups in total. The molecule has 4 amide bonds. The number of hydrogen-bond acceptors (Lipinski definition) is 7. The molecule has 0 aromatic heterocycles. The van der Waals surface area contributed by atoms with Gasteiger partial charge in [-0.3, -0.25) is 24.0 Å². The maximum absolute atomic E-state index is 13.0. The van der Waals surface area contributed by atoms with E-state index in [0.29, 0.717) is 0 Å². The highest BCUT2D eigenvalue weighted by atomic mass is 16.4. The Morgan fingerprint density at radius 3 is 1.81 bits per heavy atom. The lowest BCUT2D eigenvalue weighted by molar-refractivity contribution is -0.144. The normalized spacial score (nSPS) is 14.1. The van der Waals surface area contributed by atoms with Gasteiger partial charge in [0.25, 0.3) is 0 Å². The minimum absolute atomic E-state index is 0.173. The summed E-state index contributed by atoms with van der Waals surface area (Å²) in [6.07, 6.45) is -1.15. The molecule has 0 aliphatic heterocycles. The minimum Gasteiger partial charge on any atom is -0.481 e. The first-order chi connectivity index (χ1) is 17.3. The molecule has 1 aromatic rings. The van der Waals surface area contributed by atoms with Gasteiger partial charge in [-0.2, -0.15) is 0 Å². The molecule has 13 nitrogen and oxygen atoms in total. The van der Waals surface area contributed by atoms with Crippen LogP contribution in [0.3, 0.4) is 0 Å². The molecule has 13 heteroatoms. The van der Waals surface area contributed by atoms with E-state index in [1.807, 2.05) is 0 Å². The van der Waals surface area contributed by atoms with Crippen molar-refractivity contribution in [3.05, 3.63) is 35.9 Å². The molecule has 0 aliphatic carbocycles. The highest BCUT2D eigenvalue weighted by Crippen LogP contribution is 2.08. The molecule has 0 spiro atoms. The molecule has 0 saturated heterocycles. The maximum atomic E-state index is 13.0. The van der Waals surface area contributed by atoms with E-state index >= 15 is 0 Å². The van der Waals surface area contributed by atoms with Gasteiger partial charge in [0.05, 0.1) is 6.04 Å². The van der Waals surface area contributed by atoms with Crippen molar-refractivity contribution in [2.45, 2.75) is 70.1 Å². The number of nitrogens with two attached hydrogens (primary N) is 2. The molecule has 0 fully saturated rings. The Labute approximate surface area is 214 Å². The van der Waals surface area contributed by atoms with Crippen molar-refractivity contribution in [3.63, 3.8) is 0 Å². The van der Waals surface area contributed by atoms with E-state index in [9.17, 15) is 33.9 Å². The van der Waals surface area contributed by atoms with E-state index < -0.39 is 72.1 Å². The first kappa shape index (κ1) is 31.0. The number of carboxylic acid groups (broad SMARTS) is 2. The highest BCUT2D eigenvalue weighted by Gasteiger charge is 2.31. The second-order valence-corrected chi connectivity index (χ2v) is 8.92. The maximum Gasteiger partial charge on any atom is 0.326 e. The van der Waals surface area contributed by atoms with Crippen LogP contribution in [0.4, 0.5) is 0 Å². The molecule has 0 heterocycles. The summed E-state index contributed by atoms with van der Waals surface area (Å²) in [6, 6.07) is 3.86. The zero-order valence-electron chi connectivity index (χ0n) is 20.8. The number of benzene rings is 1. The van der Waals surface area contributed by atoms with Crippen LogP contribution in [0.2, 0.25) is 0 Å². The van der Waals surface area contributed by atoms with Crippen molar-refractivity contribution < 1.29 is 39.0 Å². The predicted molar refractivity (Wildman–Crippen MR) is 132 cm³/mol. The molecular formula is C24H35N5O8. The Hall–Kier alpha value is -4.00. The lowest BCUT2D eigenvalue weighted by atomic mass is 10.0. The molecule has 0 bridgehead atoms. The number of carbonyl (C=O) groups excluding carboxylic acids is 4. The topological polar surface area (TPSA) is 231 Å². The molecule has 0 saturated carbocycles. The SMILES string of the molecule is CC(C)C(NC(=O)C(CCC(=O)O)NC(=O)C(CCC(N)=O)NC(=O)C(N)Cc1ccccc1)C(=O)O. The molecule has 1 aromatic carbocycles. The van der Waals surface area contributed by atoms with Crippen LogP contribution in [0.5, 0.6) is 0 Å². The van der Waals surface area contributed by atoms with Crippen molar-refractivity contribution in [1.82, 2.24) is 16.0 Å². The average molecular weight is 522 g/mol. The second kappa shape index (κ2) is 15.2. The number of rotatable bonds is 16. The van der Waals surface area contributed by atoms with Gasteiger partial charge in [-0.05, 0) is 30.7 Å². The standard InChI is InChI=1S/C24H35N5O8/c1-13(2)20(24(36)37)29-23(35)17(9-11-19(31)32)28-22(34)16(8-10-18(26)30)27-21(33)15(25)12-14-6-4-3-5-7-14/h3-7,13,15-17,20H,8-12,25H2,1-2H3,(H2,26,30)(H,27,33)(H,28,34)(H,29,35)(H,31,32)(H,36,37). The summed E-state index contributed by atoms with van der Waals surface area (Å²) >= 11 is 0. The molecule has 4 atom stereocenters. The third kappa shape index (κ3) is 11.5. The van der Waals surface area contributed by atoms with Crippen LogP contribution in [-0.4, -0.2) is 69.9 Å². The number of hydrogen-bond donors (Lipinski definition) is 7. The number of aliphatic carboxylic acids is 2. The van der Waals surface area contributed by atoms with Gasteiger partial charge < -0.3 is 37.6 Å². The Morgan fingerprint density at radius 1 is 0.811 bits per heavy atom. The average Bonchev–Trinajstić information content (AvgIpc) is 2.82. The quantitative estimate of drug-likeness (QED) is 0.139. The molecule has 1 rings (SSSR count). The fraction of sp³-hybridized carbons (Fsp3) is 0.500. The van der Waals surface area contributed by atoms with E-state index in [2.05, 4.69) is 16.0 Å². The van der Waals surface area contributed by atoms with E-state index in [0.717, 1.165) is 5.56 Å². The fourth-order valence-corrected chi connectivity index (χ4v) is 3.37. The fourth-order valence-electron chi connectivity index (χ4n) is 3.37. The summed E-state index contributed by atoms with van der Waals surface area (Å²) < 4.78 is 0. The predicted octanol–water partition coefficient (Wildman–Crippen LogP) is -1.12. The van der Waals surface area contributed by atoms with Crippen molar-refractivity contribution in [2.24, 2.45) is 17.4 Å². The summed E-state index contributed by atoms with van der Waals surface area (Å²) in [5, 5.41) is 25.5. The number of nitrogens with one attached hydrogen (secondary N) is 3.